The number of nitrogens with two attached hydrogens (primary N) is 3. The largest absolute Gasteiger partial charge is 0.398 e. The Morgan fingerprint density at radius 2 is 0.769 bits per heavy atom. The van der Waals surface area contributed by atoms with Crippen LogP contribution in [0, 0.1) is 20.8 Å². The van der Waals surface area contributed by atoms with Gasteiger partial charge < -0.3 is 17.2 Å². The minimum absolute atomic E-state index is 0. The summed E-state index contributed by atoms with van der Waals surface area (Å²) in [5, 5.41) is 0. The monoisotopic (exact) mass is 201 g/mol. The van der Waals surface area contributed by atoms with Crippen molar-refractivity contribution in [2.75, 3.05) is 17.2 Å². The predicted molar refractivity (Wildman–Crippen MR) is 61.1 cm³/mol. The molecule has 1 rings (SSSR count). The molecule has 1 aromatic rings. The van der Waals surface area contributed by atoms with Gasteiger partial charge in [0.2, 0.25) is 0 Å². The van der Waals surface area contributed by atoms with Crippen LogP contribution in [0.2, 0.25) is 0 Å². The van der Waals surface area contributed by atoms with Crippen molar-refractivity contribution in [2.45, 2.75) is 20.8 Å². The van der Waals surface area contributed by atoms with E-state index in [1.54, 1.807) is 0 Å². The first-order valence-electron chi connectivity index (χ1n) is 3.87. The van der Waals surface area contributed by atoms with Gasteiger partial charge in [0.05, 0.1) is 0 Å². The van der Waals surface area contributed by atoms with E-state index >= 15 is 0 Å². The third-order valence-electron chi connectivity index (χ3n) is 2.42. The number of halogens is 1. The van der Waals surface area contributed by atoms with Gasteiger partial charge in [-0.3, -0.25) is 0 Å². The van der Waals surface area contributed by atoms with Crippen LogP contribution in [0.1, 0.15) is 16.7 Å². The number of benzene rings is 1. The average Bonchev–Trinajstić information content (AvgIpc) is 2.08. The summed E-state index contributed by atoms with van der Waals surface area (Å²) in [5.74, 6) is 0. The highest BCUT2D eigenvalue weighted by Crippen LogP contribution is 2.32. The number of nitrogen functional groups attached to an aromatic ring is 3. The Balaban J connectivity index is 0.00000144. The van der Waals surface area contributed by atoms with E-state index < -0.39 is 0 Å². The Morgan fingerprint density at radius 3 is 0.923 bits per heavy atom. The van der Waals surface area contributed by atoms with Crippen molar-refractivity contribution in [2.24, 2.45) is 0 Å². The van der Waals surface area contributed by atoms with Crippen molar-refractivity contribution in [3.8, 4) is 0 Å². The van der Waals surface area contributed by atoms with Gasteiger partial charge in [-0.1, -0.05) is 0 Å². The van der Waals surface area contributed by atoms with E-state index in [1.165, 1.54) is 0 Å². The van der Waals surface area contributed by atoms with Gasteiger partial charge in [0.1, 0.15) is 0 Å². The first kappa shape index (κ1) is 11.9. The van der Waals surface area contributed by atoms with Crippen LogP contribution in [0.4, 0.5) is 17.1 Å². The molecule has 1 aromatic carbocycles. The molecule has 3 nitrogen and oxygen atoms in total. The summed E-state index contributed by atoms with van der Waals surface area (Å²) in [6, 6.07) is 0. The minimum atomic E-state index is 0. The van der Waals surface area contributed by atoms with Gasteiger partial charge in [0.15, 0.2) is 0 Å². The third-order valence-corrected chi connectivity index (χ3v) is 2.42. The topological polar surface area (TPSA) is 78.1 Å². The van der Waals surface area contributed by atoms with Crippen LogP contribution in [0.25, 0.3) is 0 Å². The maximum atomic E-state index is 5.79. The molecular weight excluding hydrogens is 186 g/mol. The van der Waals surface area contributed by atoms with Crippen molar-refractivity contribution in [1.29, 1.82) is 0 Å². The van der Waals surface area contributed by atoms with E-state index in [9.17, 15) is 0 Å². The number of hydrogen-bond donors (Lipinski definition) is 3. The van der Waals surface area contributed by atoms with Gasteiger partial charge in [-0.05, 0) is 37.5 Å². The molecule has 4 heteroatoms. The van der Waals surface area contributed by atoms with E-state index in [4.69, 9.17) is 17.2 Å². The molecule has 0 bridgehead atoms. The van der Waals surface area contributed by atoms with Gasteiger partial charge in [0.25, 0.3) is 0 Å². The Hall–Kier alpha value is -1.09. The molecule has 0 saturated carbocycles. The average molecular weight is 202 g/mol. The molecule has 0 aromatic heterocycles. The lowest BCUT2D eigenvalue weighted by molar-refractivity contribution is 1.33. The molecule has 0 heterocycles. The lowest BCUT2D eigenvalue weighted by Gasteiger charge is -2.14. The van der Waals surface area contributed by atoms with Gasteiger partial charge in [-0.15, -0.1) is 12.4 Å². The molecule has 13 heavy (non-hydrogen) atoms. The minimum Gasteiger partial charge on any atom is -0.398 e. The summed E-state index contributed by atoms with van der Waals surface area (Å²) in [5.41, 5.74) is 22.3. The van der Waals surface area contributed by atoms with E-state index in [-0.39, 0.29) is 12.4 Å². The first-order chi connectivity index (χ1) is 5.46. The number of hydrogen-bond acceptors (Lipinski definition) is 3. The predicted octanol–water partition coefficient (Wildman–Crippen LogP) is 1.78. The molecule has 0 aliphatic carbocycles. The standard InChI is InChI=1S/C9H15N3.ClH/c1-4-7(10)5(2)9(12)6(3)8(4)11;/h10-12H2,1-3H3;1H. The summed E-state index contributed by atoms with van der Waals surface area (Å²) in [6.07, 6.45) is 0. The second-order valence-corrected chi connectivity index (χ2v) is 3.12. The van der Waals surface area contributed by atoms with Crippen LogP contribution in [-0.2, 0) is 0 Å². The lowest BCUT2D eigenvalue weighted by atomic mass is 10.0. The number of rotatable bonds is 0. The molecule has 74 valence electrons. The molecule has 0 fully saturated rings. The fraction of sp³-hybridized carbons (Fsp3) is 0.333. The second kappa shape index (κ2) is 3.75. The van der Waals surface area contributed by atoms with E-state index in [0.717, 1.165) is 16.7 Å². The summed E-state index contributed by atoms with van der Waals surface area (Å²) >= 11 is 0. The highest BCUT2D eigenvalue weighted by molar-refractivity contribution is 5.85. The SMILES string of the molecule is Cc1c(N)c(C)c(N)c(C)c1N.Cl. The van der Waals surface area contributed by atoms with E-state index in [2.05, 4.69) is 0 Å². The van der Waals surface area contributed by atoms with Crippen LogP contribution in [0.15, 0.2) is 0 Å². The van der Waals surface area contributed by atoms with Gasteiger partial charge in [-0.25, -0.2) is 0 Å². The molecule has 0 unspecified atom stereocenters. The fourth-order valence-corrected chi connectivity index (χ4v) is 1.28. The molecule has 0 saturated heterocycles. The molecule has 0 spiro atoms. The van der Waals surface area contributed by atoms with E-state index in [1.807, 2.05) is 20.8 Å². The lowest BCUT2D eigenvalue weighted by Crippen LogP contribution is -2.05. The maximum absolute atomic E-state index is 5.79. The molecule has 0 aliphatic heterocycles. The van der Waals surface area contributed by atoms with Crippen LogP contribution < -0.4 is 17.2 Å². The highest BCUT2D eigenvalue weighted by atomic mass is 35.5. The molecule has 6 N–H and O–H groups in total. The van der Waals surface area contributed by atoms with Crippen LogP contribution in [0.3, 0.4) is 0 Å². The molecule has 0 aliphatic rings. The summed E-state index contributed by atoms with van der Waals surface area (Å²) in [6.45, 7) is 5.72. The van der Waals surface area contributed by atoms with Crippen LogP contribution in [-0.4, -0.2) is 0 Å². The Bertz CT molecular complexity index is 229. The zero-order valence-electron chi connectivity index (χ0n) is 8.14. The van der Waals surface area contributed by atoms with Crippen LogP contribution in [0.5, 0.6) is 0 Å². The highest BCUT2D eigenvalue weighted by Gasteiger charge is 2.10. The summed E-state index contributed by atoms with van der Waals surface area (Å²) in [7, 11) is 0. The number of anilines is 3. The van der Waals surface area contributed by atoms with E-state index in [0.29, 0.717) is 17.1 Å². The molecule has 0 amide bonds. The Kier molecular flexibility index (Phi) is 3.43. The maximum Gasteiger partial charge on any atom is 0.0415 e. The van der Waals surface area contributed by atoms with Crippen molar-refractivity contribution in [1.82, 2.24) is 0 Å². The van der Waals surface area contributed by atoms with Crippen molar-refractivity contribution in [3.05, 3.63) is 16.7 Å². The van der Waals surface area contributed by atoms with Gasteiger partial charge >= 0.3 is 0 Å². The summed E-state index contributed by atoms with van der Waals surface area (Å²) in [4.78, 5) is 0. The molecule has 0 radical (unpaired) electrons. The molecular formula is C9H16ClN3. The first-order valence-corrected chi connectivity index (χ1v) is 3.87. The normalized spacial score (nSPS) is 9.46. The van der Waals surface area contributed by atoms with Crippen molar-refractivity contribution >= 4 is 29.5 Å². The summed E-state index contributed by atoms with van der Waals surface area (Å²) < 4.78 is 0. The van der Waals surface area contributed by atoms with Gasteiger partial charge in [-0.2, -0.15) is 0 Å². The molecule has 0 atom stereocenters. The van der Waals surface area contributed by atoms with Gasteiger partial charge in [0, 0.05) is 17.1 Å². The second-order valence-electron chi connectivity index (χ2n) is 3.12. The Morgan fingerprint density at radius 1 is 0.615 bits per heavy atom. The van der Waals surface area contributed by atoms with Crippen molar-refractivity contribution in [3.63, 3.8) is 0 Å². The van der Waals surface area contributed by atoms with Crippen molar-refractivity contribution < 1.29 is 0 Å². The fourth-order valence-electron chi connectivity index (χ4n) is 1.28. The Labute approximate surface area is 84.7 Å². The zero-order chi connectivity index (χ0) is 9.46. The smallest absolute Gasteiger partial charge is 0.0415 e. The van der Waals surface area contributed by atoms with Crippen LogP contribution >= 0.6 is 12.4 Å². The quantitative estimate of drug-likeness (QED) is 0.560. The third kappa shape index (κ3) is 1.65. The zero-order valence-corrected chi connectivity index (χ0v) is 8.96.